The molecule has 0 atom stereocenters. The Morgan fingerprint density at radius 3 is 2.52 bits per heavy atom. The van der Waals surface area contributed by atoms with Crippen LogP contribution in [0.15, 0.2) is 47.4 Å². The van der Waals surface area contributed by atoms with E-state index in [4.69, 9.17) is 9.15 Å². The van der Waals surface area contributed by atoms with Crippen molar-refractivity contribution in [1.29, 1.82) is 0 Å². The van der Waals surface area contributed by atoms with E-state index in [-0.39, 0.29) is 17.4 Å². The van der Waals surface area contributed by atoms with Gasteiger partial charge in [-0.05, 0) is 50.2 Å². The van der Waals surface area contributed by atoms with Crippen molar-refractivity contribution in [3.63, 3.8) is 0 Å². The first kappa shape index (κ1) is 16.8. The molecule has 0 aliphatic heterocycles. The van der Waals surface area contributed by atoms with E-state index >= 15 is 0 Å². The second-order valence-corrected chi connectivity index (χ2v) is 5.88. The molecule has 0 spiro atoms. The molecule has 0 saturated carbocycles. The molecule has 4 nitrogen and oxygen atoms in total. The summed E-state index contributed by atoms with van der Waals surface area (Å²) in [7, 11) is 0. The molecule has 0 unspecified atom stereocenters. The van der Waals surface area contributed by atoms with E-state index < -0.39 is 11.8 Å². The van der Waals surface area contributed by atoms with E-state index in [1.807, 2.05) is 13.8 Å². The number of furan rings is 1. The van der Waals surface area contributed by atoms with Crippen molar-refractivity contribution in [2.75, 3.05) is 0 Å². The number of carboxylic acids is 1. The van der Waals surface area contributed by atoms with Gasteiger partial charge >= 0.3 is 5.97 Å². The molecule has 0 aliphatic carbocycles. The smallest absolute Gasteiger partial charge is 0.340 e. The molecule has 1 aromatic heterocycles. The average molecular weight is 340 g/mol. The second-order valence-electron chi connectivity index (χ2n) is 5.88. The molecule has 25 heavy (non-hydrogen) atoms. The van der Waals surface area contributed by atoms with Crippen LogP contribution in [-0.2, 0) is 0 Å². The van der Waals surface area contributed by atoms with Gasteiger partial charge in [-0.15, -0.1) is 0 Å². The topological polar surface area (TPSA) is 59.7 Å². The maximum atomic E-state index is 13.2. The zero-order valence-corrected chi connectivity index (χ0v) is 13.9. The lowest BCUT2D eigenvalue weighted by Crippen LogP contribution is -2.06. The van der Waals surface area contributed by atoms with Crippen molar-refractivity contribution in [1.82, 2.24) is 0 Å². The van der Waals surface area contributed by atoms with Gasteiger partial charge in [-0.1, -0.05) is 12.7 Å². The fourth-order valence-electron chi connectivity index (χ4n) is 2.67. The molecule has 128 valence electrons. The first-order valence-electron chi connectivity index (χ1n) is 7.79. The van der Waals surface area contributed by atoms with Crippen LogP contribution in [0.25, 0.3) is 28.4 Å². The molecule has 0 fully saturated rings. The van der Waals surface area contributed by atoms with Crippen LogP contribution in [0.5, 0.6) is 5.75 Å². The first-order chi connectivity index (χ1) is 11.9. The van der Waals surface area contributed by atoms with Gasteiger partial charge in [0.15, 0.2) is 0 Å². The Morgan fingerprint density at radius 2 is 1.96 bits per heavy atom. The Hall–Kier alpha value is -3.08. The average Bonchev–Trinajstić information content (AvgIpc) is 2.92. The summed E-state index contributed by atoms with van der Waals surface area (Å²) in [5, 5.41) is 10.1. The third-order valence-electron chi connectivity index (χ3n) is 3.72. The van der Waals surface area contributed by atoms with E-state index in [0.717, 1.165) is 0 Å². The summed E-state index contributed by atoms with van der Waals surface area (Å²) in [6, 6.07) is 8.83. The van der Waals surface area contributed by atoms with Crippen LogP contribution in [0.1, 0.15) is 29.8 Å². The summed E-state index contributed by atoms with van der Waals surface area (Å²) < 4.78 is 24.7. The third kappa shape index (κ3) is 3.13. The quantitative estimate of drug-likeness (QED) is 0.678. The van der Waals surface area contributed by atoms with E-state index in [1.165, 1.54) is 24.3 Å². The van der Waals surface area contributed by atoms with E-state index in [9.17, 15) is 14.3 Å². The SMILES string of the molecule is C=Cc1cc2oc(-c3ccc(F)cc3)c(C(=O)O)c2cc1OC(C)C. The minimum Gasteiger partial charge on any atom is -0.490 e. The van der Waals surface area contributed by atoms with Gasteiger partial charge in [0, 0.05) is 16.5 Å². The summed E-state index contributed by atoms with van der Waals surface area (Å²) in [5.41, 5.74) is 1.62. The number of hydrogen-bond donors (Lipinski definition) is 1. The number of fused-ring (bicyclic) bond motifs is 1. The molecule has 0 saturated heterocycles. The predicted octanol–water partition coefficient (Wildman–Crippen LogP) is 5.37. The highest BCUT2D eigenvalue weighted by Crippen LogP contribution is 2.37. The van der Waals surface area contributed by atoms with Crippen molar-refractivity contribution < 1.29 is 23.4 Å². The predicted molar refractivity (Wildman–Crippen MR) is 94.4 cm³/mol. The highest BCUT2D eigenvalue weighted by Gasteiger charge is 2.23. The lowest BCUT2D eigenvalue weighted by atomic mass is 10.0. The van der Waals surface area contributed by atoms with E-state index in [2.05, 4.69) is 6.58 Å². The third-order valence-corrected chi connectivity index (χ3v) is 3.72. The Bertz CT molecular complexity index is 952. The number of benzene rings is 2. The summed E-state index contributed by atoms with van der Waals surface area (Å²) in [4.78, 5) is 11.8. The largest absolute Gasteiger partial charge is 0.490 e. The van der Waals surface area contributed by atoms with Gasteiger partial charge in [-0.3, -0.25) is 0 Å². The Morgan fingerprint density at radius 1 is 1.28 bits per heavy atom. The maximum Gasteiger partial charge on any atom is 0.340 e. The molecular formula is C20H17FO4. The van der Waals surface area contributed by atoms with Crippen molar-refractivity contribution >= 4 is 23.0 Å². The van der Waals surface area contributed by atoms with Crippen molar-refractivity contribution in [3.05, 3.63) is 59.9 Å². The van der Waals surface area contributed by atoms with Crippen LogP contribution in [0.2, 0.25) is 0 Å². The summed E-state index contributed by atoms with van der Waals surface area (Å²) >= 11 is 0. The normalized spacial score (nSPS) is 11.0. The zero-order valence-electron chi connectivity index (χ0n) is 13.9. The van der Waals surface area contributed by atoms with Gasteiger partial charge in [-0.2, -0.15) is 0 Å². The van der Waals surface area contributed by atoms with Gasteiger partial charge in [0.05, 0.1) is 6.10 Å². The fourth-order valence-corrected chi connectivity index (χ4v) is 2.67. The molecule has 0 radical (unpaired) electrons. The van der Waals surface area contributed by atoms with E-state index in [1.54, 1.807) is 18.2 Å². The first-order valence-corrected chi connectivity index (χ1v) is 7.79. The number of halogens is 1. The monoisotopic (exact) mass is 340 g/mol. The van der Waals surface area contributed by atoms with Crippen LogP contribution in [0.3, 0.4) is 0 Å². The number of carbonyl (C=O) groups is 1. The summed E-state index contributed by atoms with van der Waals surface area (Å²) in [5.74, 6) is -0.816. The number of carboxylic acid groups (broad SMARTS) is 1. The van der Waals surface area contributed by atoms with Gasteiger partial charge in [-0.25, -0.2) is 9.18 Å². The molecule has 0 amide bonds. The Kier molecular flexibility index (Phi) is 4.31. The van der Waals surface area contributed by atoms with E-state index in [0.29, 0.717) is 27.8 Å². The highest BCUT2D eigenvalue weighted by molar-refractivity contribution is 6.08. The molecule has 3 rings (SSSR count). The van der Waals surface area contributed by atoms with Gasteiger partial charge < -0.3 is 14.3 Å². The summed E-state index contributed by atoms with van der Waals surface area (Å²) in [6.07, 6.45) is 1.55. The lowest BCUT2D eigenvalue weighted by Gasteiger charge is -2.12. The van der Waals surface area contributed by atoms with Crippen LogP contribution >= 0.6 is 0 Å². The molecule has 0 aliphatic rings. The number of aromatic carboxylic acids is 1. The molecule has 3 aromatic rings. The van der Waals surface area contributed by atoms with Crippen LogP contribution in [0.4, 0.5) is 4.39 Å². The fraction of sp³-hybridized carbons (Fsp3) is 0.150. The lowest BCUT2D eigenvalue weighted by molar-refractivity contribution is 0.0699. The minimum atomic E-state index is -1.13. The van der Waals surface area contributed by atoms with Crippen LogP contribution in [0, 0.1) is 5.82 Å². The van der Waals surface area contributed by atoms with Gasteiger partial charge in [0.2, 0.25) is 0 Å². The molecule has 2 aromatic carbocycles. The second kappa shape index (κ2) is 6.43. The number of rotatable bonds is 5. The number of hydrogen-bond acceptors (Lipinski definition) is 3. The Balaban J connectivity index is 2.28. The van der Waals surface area contributed by atoms with Crippen molar-refractivity contribution in [2.45, 2.75) is 20.0 Å². The molecule has 5 heteroatoms. The van der Waals surface area contributed by atoms with Gasteiger partial charge in [0.1, 0.15) is 28.5 Å². The maximum absolute atomic E-state index is 13.2. The zero-order chi connectivity index (χ0) is 18.1. The molecule has 0 bridgehead atoms. The number of ether oxygens (including phenoxy) is 1. The molecule has 1 heterocycles. The molecular weight excluding hydrogens is 323 g/mol. The van der Waals surface area contributed by atoms with Crippen LogP contribution < -0.4 is 4.74 Å². The van der Waals surface area contributed by atoms with Gasteiger partial charge in [0.25, 0.3) is 0 Å². The van der Waals surface area contributed by atoms with Crippen LogP contribution in [-0.4, -0.2) is 17.2 Å². The Labute approximate surface area is 144 Å². The summed E-state index contributed by atoms with van der Waals surface area (Å²) in [6.45, 7) is 7.53. The van der Waals surface area contributed by atoms with Crippen molar-refractivity contribution in [3.8, 4) is 17.1 Å². The highest BCUT2D eigenvalue weighted by atomic mass is 19.1. The standard InChI is InChI=1S/C20H17FO4/c1-4-12-9-17-15(10-16(12)24-11(2)3)18(20(22)23)19(25-17)13-5-7-14(21)8-6-13/h4-11H,1H2,2-3H3,(H,22,23). The van der Waals surface area contributed by atoms with Crippen molar-refractivity contribution in [2.24, 2.45) is 0 Å². The molecule has 1 N–H and O–H groups in total. The minimum absolute atomic E-state index is 0.0193.